The lowest BCUT2D eigenvalue weighted by Crippen LogP contribution is -2.37. The highest BCUT2D eigenvalue weighted by atomic mass is 19.1. The van der Waals surface area contributed by atoms with Crippen molar-refractivity contribution in [3.8, 4) is 28.4 Å². The maximum absolute atomic E-state index is 15.3. The summed E-state index contributed by atoms with van der Waals surface area (Å²) in [5.41, 5.74) is 2.33. The van der Waals surface area contributed by atoms with Gasteiger partial charge in [-0.2, -0.15) is 0 Å². The number of aromatic nitrogens is 3. The summed E-state index contributed by atoms with van der Waals surface area (Å²) in [6.45, 7) is 0. The molecule has 3 aromatic carbocycles. The van der Waals surface area contributed by atoms with Crippen LogP contribution in [0.5, 0.6) is 11.5 Å². The SMILES string of the molecule is Cn1c(=O)c2c(-c3ccccc3F)n3c(c2n(C)c1=O)[C@@H](c1ccc(O)c(O)c1)Nc1ccccc1-3. The molecule has 0 fully saturated rings. The van der Waals surface area contributed by atoms with Gasteiger partial charge in [-0.3, -0.25) is 13.9 Å². The van der Waals surface area contributed by atoms with Crippen LogP contribution in [0.25, 0.3) is 27.8 Å². The molecule has 3 N–H and O–H groups in total. The summed E-state index contributed by atoms with van der Waals surface area (Å²) in [5.74, 6) is -1.09. The maximum atomic E-state index is 15.3. The van der Waals surface area contributed by atoms with Gasteiger partial charge in [0.25, 0.3) is 5.56 Å². The van der Waals surface area contributed by atoms with Crippen LogP contribution in [-0.4, -0.2) is 23.9 Å². The number of phenolic OH excluding ortho intramolecular Hbond substituents is 2. The van der Waals surface area contributed by atoms with Crippen molar-refractivity contribution < 1.29 is 14.6 Å². The second-order valence-corrected chi connectivity index (χ2v) is 8.82. The van der Waals surface area contributed by atoms with E-state index in [-0.39, 0.29) is 22.4 Å². The molecule has 180 valence electrons. The second kappa shape index (κ2) is 7.61. The fraction of sp³-hybridized carbons (Fsp3) is 0.111. The first-order chi connectivity index (χ1) is 17.3. The average Bonchev–Trinajstić information content (AvgIpc) is 3.24. The Hall–Kier alpha value is -4.79. The fourth-order valence-corrected chi connectivity index (χ4v) is 5.10. The van der Waals surface area contributed by atoms with Gasteiger partial charge >= 0.3 is 5.69 Å². The fourth-order valence-electron chi connectivity index (χ4n) is 5.10. The molecule has 0 aliphatic carbocycles. The number of nitrogens with one attached hydrogen (secondary N) is 1. The first-order valence-electron chi connectivity index (χ1n) is 11.3. The molecule has 2 aromatic heterocycles. The molecule has 0 saturated heterocycles. The standard InChI is InChI=1S/C27H21FN4O4/c1-30-24-21(26(35)31(2)27(30)36)23(15-7-3-4-8-16(15)28)32-18-10-6-5-9-17(18)29-22(25(24)32)14-11-12-19(33)20(34)13-14/h3-13,22,29,33-34H,1-2H3/t22-/m1/s1. The van der Waals surface area contributed by atoms with E-state index in [9.17, 15) is 19.8 Å². The largest absolute Gasteiger partial charge is 0.504 e. The van der Waals surface area contributed by atoms with Crippen LogP contribution in [-0.2, 0) is 14.1 Å². The van der Waals surface area contributed by atoms with E-state index in [2.05, 4.69) is 5.32 Å². The minimum absolute atomic E-state index is 0.200. The number of phenols is 2. The van der Waals surface area contributed by atoms with E-state index >= 15 is 4.39 Å². The van der Waals surface area contributed by atoms with E-state index in [1.807, 2.05) is 28.8 Å². The number of rotatable bonds is 2. The number of aromatic hydroxyl groups is 2. The Morgan fingerprint density at radius 3 is 2.36 bits per heavy atom. The molecule has 0 spiro atoms. The van der Waals surface area contributed by atoms with Crippen molar-refractivity contribution in [3.05, 3.63) is 105 Å². The van der Waals surface area contributed by atoms with Crippen LogP contribution in [0.2, 0.25) is 0 Å². The molecule has 1 atom stereocenters. The second-order valence-electron chi connectivity index (χ2n) is 8.82. The Morgan fingerprint density at radius 1 is 0.889 bits per heavy atom. The van der Waals surface area contributed by atoms with Crippen molar-refractivity contribution in [2.45, 2.75) is 6.04 Å². The molecular formula is C27H21FN4O4. The maximum Gasteiger partial charge on any atom is 0.331 e. The molecule has 0 saturated carbocycles. The number of hydrogen-bond donors (Lipinski definition) is 3. The van der Waals surface area contributed by atoms with Crippen molar-refractivity contribution in [1.82, 2.24) is 13.7 Å². The molecule has 0 radical (unpaired) electrons. The van der Waals surface area contributed by atoms with Crippen LogP contribution in [0.15, 0.2) is 76.3 Å². The highest BCUT2D eigenvalue weighted by Crippen LogP contribution is 2.46. The molecular weight excluding hydrogens is 463 g/mol. The van der Waals surface area contributed by atoms with Crippen molar-refractivity contribution >= 4 is 16.6 Å². The summed E-state index contributed by atoms with van der Waals surface area (Å²) in [6.07, 6.45) is 0. The number of halogens is 1. The first kappa shape index (κ1) is 21.7. The van der Waals surface area contributed by atoms with Crippen LogP contribution >= 0.6 is 0 Å². The van der Waals surface area contributed by atoms with Crippen LogP contribution < -0.4 is 16.6 Å². The average molecular weight is 484 g/mol. The van der Waals surface area contributed by atoms with Crippen molar-refractivity contribution in [3.63, 3.8) is 0 Å². The molecule has 0 bridgehead atoms. The Kier molecular flexibility index (Phi) is 4.59. The smallest absolute Gasteiger partial charge is 0.331 e. The van der Waals surface area contributed by atoms with Crippen molar-refractivity contribution in [2.75, 3.05) is 5.32 Å². The molecule has 8 nitrogen and oxygen atoms in total. The summed E-state index contributed by atoms with van der Waals surface area (Å²) in [5, 5.41) is 23.8. The van der Waals surface area contributed by atoms with Crippen LogP contribution in [0.1, 0.15) is 17.3 Å². The van der Waals surface area contributed by atoms with Crippen LogP contribution in [0.3, 0.4) is 0 Å². The zero-order chi connectivity index (χ0) is 25.3. The number of para-hydroxylation sites is 2. The minimum atomic E-state index is -0.646. The van der Waals surface area contributed by atoms with Crippen molar-refractivity contribution in [1.29, 1.82) is 0 Å². The Balaban J connectivity index is 1.87. The Bertz CT molecular complexity index is 1830. The van der Waals surface area contributed by atoms with Gasteiger partial charge in [0, 0.05) is 19.7 Å². The number of fused-ring (bicyclic) bond motifs is 5. The normalized spacial score (nSPS) is 14.4. The lowest BCUT2D eigenvalue weighted by Gasteiger charge is -2.31. The van der Waals surface area contributed by atoms with E-state index in [0.717, 1.165) is 4.57 Å². The highest BCUT2D eigenvalue weighted by Gasteiger charge is 2.35. The zero-order valence-corrected chi connectivity index (χ0v) is 19.4. The molecule has 3 heterocycles. The molecule has 1 aliphatic heterocycles. The van der Waals surface area contributed by atoms with Crippen LogP contribution in [0.4, 0.5) is 10.1 Å². The summed E-state index contributed by atoms with van der Waals surface area (Å²) in [7, 11) is 2.97. The lowest BCUT2D eigenvalue weighted by atomic mass is 9.99. The summed E-state index contributed by atoms with van der Waals surface area (Å²) >= 11 is 0. The third kappa shape index (κ3) is 2.86. The van der Waals surface area contributed by atoms with Crippen LogP contribution in [0, 0.1) is 5.82 Å². The lowest BCUT2D eigenvalue weighted by molar-refractivity contribution is 0.403. The molecule has 6 rings (SSSR count). The molecule has 1 aliphatic rings. The first-order valence-corrected chi connectivity index (χ1v) is 11.3. The Labute approximate surface area is 203 Å². The summed E-state index contributed by atoms with van der Waals surface area (Å²) in [4.78, 5) is 26.6. The molecule has 9 heteroatoms. The van der Waals surface area contributed by atoms with Gasteiger partial charge < -0.3 is 20.1 Å². The van der Waals surface area contributed by atoms with E-state index in [0.29, 0.717) is 33.8 Å². The van der Waals surface area contributed by atoms with Gasteiger partial charge in [0.15, 0.2) is 11.5 Å². The minimum Gasteiger partial charge on any atom is -0.504 e. The van der Waals surface area contributed by atoms with Gasteiger partial charge in [-0.25, -0.2) is 9.18 Å². The number of nitrogens with zero attached hydrogens (tertiary/aromatic N) is 3. The predicted molar refractivity (Wildman–Crippen MR) is 134 cm³/mol. The molecule has 0 unspecified atom stereocenters. The summed E-state index contributed by atoms with van der Waals surface area (Å²) < 4.78 is 19.5. The number of anilines is 1. The summed E-state index contributed by atoms with van der Waals surface area (Å²) in [6, 6.07) is 17.4. The molecule has 0 amide bonds. The number of aryl methyl sites for hydroxylation is 1. The molecule has 5 aromatic rings. The van der Waals surface area contributed by atoms with E-state index in [1.54, 1.807) is 31.3 Å². The third-order valence-electron chi connectivity index (χ3n) is 6.79. The monoisotopic (exact) mass is 484 g/mol. The van der Waals surface area contributed by atoms with E-state index < -0.39 is 23.1 Å². The Morgan fingerprint density at radius 2 is 1.61 bits per heavy atom. The predicted octanol–water partition coefficient (Wildman–Crippen LogP) is 3.76. The van der Waals surface area contributed by atoms with Gasteiger partial charge in [0.05, 0.1) is 39.7 Å². The van der Waals surface area contributed by atoms with Gasteiger partial charge in [-0.15, -0.1) is 0 Å². The quantitative estimate of drug-likeness (QED) is 0.331. The van der Waals surface area contributed by atoms with Gasteiger partial charge in [0.2, 0.25) is 0 Å². The third-order valence-corrected chi connectivity index (χ3v) is 6.79. The number of benzene rings is 3. The zero-order valence-electron chi connectivity index (χ0n) is 19.4. The highest BCUT2D eigenvalue weighted by molar-refractivity contribution is 5.99. The van der Waals surface area contributed by atoms with E-state index in [1.165, 1.54) is 29.8 Å². The molecule has 36 heavy (non-hydrogen) atoms. The van der Waals surface area contributed by atoms with Crippen molar-refractivity contribution in [2.24, 2.45) is 14.1 Å². The van der Waals surface area contributed by atoms with Gasteiger partial charge in [-0.1, -0.05) is 30.3 Å². The van der Waals surface area contributed by atoms with Gasteiger partial charge in [-0.05, 0) is 42.0 Å². The van der Waals surface area contributed by atoms with Gasteiger partial charge in [0.1, 0.15) is 5.82 Å². The number of hydrogen-bond acceptors (Lipinski definition) is 5. The van der Waals surface area contributed by atoms with E-state index in [4.69, 9.17) is 0 Å². The topological polar surface area (TPSA) is 101 Å².